The first-order valence-electron chi connectivity index (χ1n) is 13.9. The number of phenolic OH excluding ortho intramolecular Hbond substituents is 1. The molecule has 0 bridgehead atoms. The van der Waals surface area contributed by atoms with E-state index in [1.54, 1.807) is 20.3 Å². The lowest BCUT2D eigenvalue weighted by molar-refractivity contribution is 0.277. The summed E-state index contributed by atoms with van der Waals surface area (Å²) in [6, 6.07) is 19.8. The number of nitrogens with zero attached hydrogens (tertiary/aromatic N) is 2. The maximum atomic E-state index is 9.94. The van der Waals surface area contributed by atoms with Gasteiger partial charge in [-0.25, -0.2) is 0 Å². The van der Waals surface area contributed by atoms with Crippen LogP contribution in [0.15, 0.2) is 54.6 Å². The Balaban J connectivity index is 1.59. The van der Waals surface area contributed by atoms with Gasteiger partial charge in [0.25, 0.3) is 0 Å². The zero-order valence-electron chi connectivity index (χ0n) is 24.0. The van der Waals surface area contributed by atoms with Crippen LogP contribution >= 0.6 is 0 Å². The molecule has 0 radical (unpaired) electrons. The number of methoxy groups -OCH3 is 2. The summed E-state index contributed by atoms with van der Waals surface area (Å²) in [5.74, 6) is 2.25. The Labute approximate surface area is 229 Å². The summed E-state index contributed by atoms with van der Waals surface area (Å²) < 4.78 is 11.5. The molecule has 3 aromatic carbocycles. The molecule has 0 heterocycles. The van der Waals surface area contributed by atoms with E-state index in [0.717, 1.165) is 56.8 Å². The molecule has 0 unspecified atom stereocenters. The van der Waals surface area contributed by atoms with Gasteiger partial charge in [0.15, 0.2) is 11.5 Å². The van der Waals surface area contributed by atoms with E-state index in [1.807, 2.05) is 6.07 Å². The molecule has 1 aliphatic rings. The molecule has 204 valence electrons. The van der Waals surface area contributed by atoms with Crippen LogP contribution in [-0.2, 0) is 25.8 Å². The molecule has 1 N–H and O–H groups in total. The second-order valence-corrected chi connectivity index (χ2v) is 10.8. The third-order valence-electron chi connectivity index (χ3n) is 8.14. The second-order valence-electron chi connectivity index (χ2n) is 10.8. The van der Waals surface area contributed by atoms with Crippen LogP contribution in [0.2, 0.25) is 0 Å². The maximum absolute atomic E-state index is 9.94. The number of fused-ring (bicyclic) bond motifs is 1. The standard InChI is InChI=1S/C33H44N2O3/c1-7-35(22-25-10-8-24(9-11-25)16-17-34(4)23(2)3)31-21-33(38-6)32(37-5)20-30(31)28-13-12-27-19-29(36)15-14-26(27)18-28/h8-11,14-15,19-21,23,28,36H,7,12-13,16-18,22H2,1-6H3/t28-/m1/s1. The Hall–Kier alpha value is -3.18. The Morgan fingerprint density at radius 3 is 2.26 bits per heavy atom. The predicted molar refractivity (Wildman–Crippen MR) is 157 cm³/mol. The highest BCUT2D eigenvalue weighted by Gasteiger charge is 2.26. The topological polar surface area (TPSA) is 45.2 Å². The molecule has 0 saturated carbocycles. The normalized spacial score (nSPS) is 15.0. The quantitative estimate of drug-likeness (QED) is 0.311. The smallest absolute Gasteiger partial charge is 0.162 e. The van der Waals surface area contributed by atoms with Gasteiger partial charge in [-0.05, 0) is 105 Å². The summed E-state index contributed by atoms with van der Waals surface area (Å²) in [6.07, 6.45) is 4.01. The van der Waals surface area contributed by atoms with E-state index in [1.165, 1.54) is 33.5 Å². The average molecular weight is 517 g/mol. The van der Waals surface area contributed by atoms with Gasteiger partial charge in [0.05, 0.1) is 14.2 Å². The molecule has 1 atom stereocenters. The largest absolute Gasteiger partial charge is 0.508 e. The fourth-order valence-corrected chi connectivity index (χ4v) is 5.45. The Kier molecular flexibility index (Phi) is 9.22. The van der Waals surface area contributed by atoms with Crippen molar-refractivity contribution in [2.75, 3.05) is 39.3 Å². The van der Waals surface area contributed by atoms with Crippen LogP contribution < -0.4 is 14.4 Å². The number of aromatic hydroxyl groups is 1. The lowest BCUT2D eigenvalue weighted by atomic mass is 9.79. The summed E-state index contributed by atoms with van der Waals surface area (Å²) >= 11 is 0. The van der Waals surface area contributed by atoms with Crippen LogP contribution in [0.5, 0.6) is 17.2 Å². The zero-order valence-corrected chi connectivity index (χ0v) is 24.0. The number of ether oxygens (including phenoxy) is 2. The lowest BCUT2D eigenvalue weighted by Crippen LogP contribution is -2.28. The summed E-state index contributed by atoms with van der Waals surface area (Å²) in [6.45, 7) is 9.49. The monoisotopic (exact) mass is 516 g/mol. The minimum Gasteiger partial charge on any atom is -0.508 e. The second kappa shape index (κ2) is 12.6. The van der Waals surface area contributed by atoms with Gasteiger partial charge in [0.2, 0.25) is 0 Å². The summed E-state index contributed by atoms with van der Waals surface area (Å²) in [5.41, 5.74) is 7.77. The number of aryl methyl sites for hydroxylation is 1. The van der Waals surface area contributed by atoms with Crippen LogP contribution in [0.25, 0.3) is 0 Å². The van der Waals surface area contributed by atoms with Crippen LogP contribution in [-0.4, -0.2) is 50.4 Å². The number of hydrogen-bond acceptors (Lipinski definition) is 5. The summed E-state index contributed by atoms with van der Waals surface area (Å²) in [7, 11) is 5.60. The number of benzene rings is 3. The molecule has 0 aromatic heterocycles. The van der Waals surface area contributed by atoms with Crippen molar-refractivity contribution in [3.8, 4) is 17.2 Å². The van der Waals surface area contributed by atoms with Crippen molar-refractivity contribution in [3.05, 3.63) is 82.4 Å². The summed E-state index contributed by atoms with van der Waals surface area (Å²) in [5, 5.41) is 9.94. The van der Waals surface area contributed by atoms with E-state index >= 15 is 0 Å². The highest BCUT2D eigenvalue weighted by molar-refractivity contribution is 5.64. The number of rotatable bonds is 11. The van der Waals surface area contributed by atoms with Crippen molar-refractivity contribution < 1.29 is 14.6 Å². The van der Waals surface area contributed by atoms with Gasteiger partial charge < -0.3 is 24.4 Å². The van der Waals surface area contributed by atoms with Crippen molar-refractivity contribution in [3.63, 3.8) is 0 Å². The minimum absolute atomic E-state index is 0.351. The van der Waals surface area contributed by atoms with Gasteiger partial charge in [0, 0.05) is 37.4 Å². The van der Waals surface area contributed by atoms with Crippen LogP contribution in [0.4, 0.5) is 5.69 Å². The van der Waals surface area contributed by atoms with Crippen LogP contribution in [0.3, 0.4) is 0 Å². The molecule has 5 heteroatoms. The van der Waals surface area contributed by atoms with E-state index < -0.39 is 0 Å². The first kappa shape index (κ1) is 27.8. The Bertz CT molecular complexity index is 1210. The van der Waals surface area contributed by atoms with Gasteiger partial charge in [0.1, 0.15) is 5.75 Å². The molecule has 1 aliphatic carbocycles. The third kappa shape index (κ3) is 6.44. The SMILES string of the molecule is CCN(Cc1ccc(CCN(C)C(C)C)cc1)c1cc(OC)c(OC)cc1[C@@H]1CCc2cc(O)ccc2C1. The summed E-state index contributed by atoms with van der Waals surface area (Å²) in [4.78, 5) is 4.84. The number of likely N-dealkylation sites (N-methyl/N-ethyl adjacent to an activating group) is 1. The molecule has 5 nitrogen and oxygen atoms in total. The molecule has 0 aliphatic heterocycles. The average Bonchev–Trinajstić information content (AvgIpc) is 2.94. The van der Waals surface area contributed by atoms with Gasteiger partial charge in [-0.1, -0.05) is 30.3 Å². The highest BCUT2D eigenvalue weighted by Crippen LogP contribution is 2.43. The van der Waals surface area contributed by atoms with Crippen LogP contribution in [0, 0.1) is 0 Å². The third-order valence-corrected chi connectivity index (χ3v) is 8.14. The molecule has 38 heavy (non-hydrogen) atoms. The number of phenols is 1. The van der Waals surface area contributed by atoms with Gasteiger partial charge in [-0.3, -0.25) is 0 Å². The van der Waals surface area contributed by atoms with Crippen molar-refractivity contribution in [2.45, 2.75) is 65.0 Å². The predicted octanol–water partition coefficient (Wildman–Crippen LogP) is 6.59. The fraction of sp³-hybridized carbons (Fsp3) is 0.455. The molecule has 4 rings (SSSR count). The molecule has 0 spiro atoms. The van der Waals surface area contributed by atoms with Crippen molar-refractivity contribution in [1.82, 2.24) is 4.90 Å². The molecule has 0 fully saturated rings. The van der Waals surface area contributed by atoms with Gasteiger partial charge in [-0.15, -0.1) is 0 Å². The Morgan fingerprint density at radius 2 is 1.61 bits per heavy atom. The molecular formula is C33H44N2O3. The van der Waals surface area contributed by atoms with Crippen molar-refractivity contribution in [2.24, 2.45) is 0 Å². The first-order chi connectivity index (χ1) is 18.3. The Morgan fingerprint density at radius 1 is 0.921 bits per heavy atom. The van der Waals surface area contributed by atoms with Gasteiger partial charge in [-0.2, -0.15) is 0 Å². The molecule has 0 saturated heterocycles. The van der Waals surface area contributed by atoms with E-state index in [0.29, 0.717) is 17.7 Å². The number of anilines is 1. The van der Waals surface area contributed by atoms with Gasteiger partial charge >= 0.3 is 0 Å². The minimum atomic E-state index is 0.351. The lowest BCUT2D eigenvalue weighted by Gasteiger charge is -2.32. The molecule has 3 aromatic rings. The molecular weight excluding hydrogens is 472 g/mol. The highest BCUT2D eigenvalue weighted by atomic mass is 16.5. The zero-order chi connectivity index (χ0) is 27.2. The fourth-order valence-electron chi connectivity index (χ4n) is 5.45. The molecule has 0 amide bonds. The maximum Gasteiger partial charge on any atom is 0.162 e. The van der Waals surface area contributed by atoms with Crippen LogP contribution in [0.1, 0.15) is 60.9 Å². The van der Waals surface area contributed by atoms with Crippen molar-refractivity contribution in [1.29, 1.82) is 0 Å². The van der Waals surface area contributed by atoms with Crippen molar-refractivity contribution >= 4 is 5.69 Å². The van der Waals surface area contributed by atoms with E-state index in [-0.39, 0.29) is 0 Å². The van der Waals surface area contributed by atoms with E-state index in [9.17, 15) is 5.11 Å². The number of hydrogen-bond donors (Lipinski definition) is 1. The van der Waals surface area contributed by atoms with E-state index in [4.69, 9.17) is 9.47 Å². The van der Waals surface area contributed by atoms with E-state index in [2.05, 4.69) is 80.1 Å². The first-order valence-corrected chi connectivity index (χ1v) is 13.9.